The van der Waals surface area contributed by atoms with E-state index in [1.807, 2.05) is 19.0 Å². The highest BCUT2D eigenvalue weighted by molar-refractivity contribution is 6.30. The SMILES string of the molecule is CC(=O)Oc1ccc(O)cc1.CN(C)CCOC(=O)COc1ccc(Cl)cc1.Cl. The Labute approximate surface area is 181 Å². The van der Waals surface area contributed by atoms with Crippen LogP contribution in [0.2, 0.25) is 5.02 Å². The molecule has 0 aliphatic carbocycles. The van der Waals surface area contributed by atoms with E-state index in [1.54, 1.807) is 24.3 Å². The summed E-state index contributed by atoms with van der Waals surface area (Å²) in [7, 11) is 3.83. The topological polar surface area (TPSA) is 85.3 Å². The van der Waals surface area contributed by atoms with E-state index < -0.39 is 0 Å². The summed E-state index contributed by atoms with van der Waals surface area (Å²) in [6, 6.07) is 12.8. The summed E-state index contributed by atoms with van der Waals surface area (Å²) in [4.78, 5) is 23.6. The van der Waals surface area contributed by atoms with E-state index in [-0.39, 0.29) is 36.7 Å². The van der Waals surface area contributed by atoms with E-state index >= 15 is 0 Å². The maximum absolute atomic E-state index is 11.3. The fraction of sp³-hybridized carbons (Fsp3) is 0.300. The minimum Gasteiger partial charge on any atom is -0.508 e. The molecule has 0 atom stereocenters. The van der Waals surface area contributed by atoms with E-state index in [4.69, 9.17) is 30.9 Å². The molecule has 0 saturated carbocycles. The van der Waals surface area contributed by atoms with Gasteiger partial charge in [0.25, 0.3) is 0 Å². The second-order valence-corrected chi connectivity index (χ2v) is 6.29. The zero-order valence-electron chi connectivity index (χ0n) is 16.5. The van der Waals surface area contributed by atoms with Crippen LogP contribution < -0.4 is 9.47 Å². The highest BCUT2D eigenvalue weighted by Crippen LogP contribution is 2.16. The molecule has 7 nitrogen and oxygen atoms in total. The number of rotatable bonds is 7. The number of ether oxygens (including phenoxy) is 3. The average molecular weight is 446 g/mol. The number of aromatic hydroxyl groups is 1. The van der Waals surface area contributed by atoms with Crippen LogP contribution in [0.15, 0.2) is 48.5 Å². The first-order chi connectivity index (χ1) is 13.3. The van der Waals surface area contributed by atoms with Crippen molar-refractivity contribution in [3.63, 3.8) is 0 Å². The molecule has 2 aromatic rings. The summed E-state index contributed by atoms with van der Waals surface area (Å²) in [6.07, 6.45) is 0. The van der Waals surface area contributed by atoms with Crippen molar-refractivity contribution in [3.05, 3.63) is 53.6 Å². The number of esters is 2. The fourth-order valence-electron chi connectivity index (χ4n) is 1.74. The van der Waals surface area contributed by atoms with Crippen LogP contribution in [0.25, 0.3) is 0 Å². The van der Waals surface area contributed by atoms with Crippen LogP contribution in [0.1, 0.15) is 6.92 Å². The van der Waals surface area contributed by atoms with Gasteiger partial charge in [-0.05, 0) is 62.6 Å². The predicted molar refractivity (Wildman–Crippen MR) is 113 cm³/mol. The van der Waals surface area contributed by atoms with Gasteiger partial charge in [0.2, 0.25) is 0 Å². The number of halogens is 2. The Balaban J connectivity index is 0.000000568. The molecule has 1 N–H and O–H groups in total. The lowest BCUT2D eigenvalue weighted by Gasteiger charge is -2.10. The van der Waals surface area contributed by atoms with Crippen molar-refractivity contribution in [2.45, 2.75) is 6.92 Å². The summed E-state index contributed by atoms with van der Waals surface area (Å²) >= 11 is 5.72. The third-order valence-corrected chi connectivity index (χ3v) is 3.32. The largest absolute Gasteiger partial charge is 0.508 e. The molecule has 29 heavy (non-hydrogen) atoms. The van der Waals surface area contributed by atoms with E-state index in [0.717, 1.165) is 0 Å². The molecule has 0 aliphatic heterocycles. The smallest absolute Gasteiger partial charge is 0.344 e. The van der Waals surface area contributed by atoms with Crippen molar-refractivity contribution in [2.24, 2.45) is 0 Å². The Morgan fingerprint density at radius 3 is 2.07 bits per heavy atom. The van der Waals surface area contributed by atoms with Crippen LogP contribution in [0.4, 0.5) is 0 Å². The third-order valence-electron chi connectivity index (χ3n) is 3.07. The first kappa shape index (κ1) is 26.5. The highest BCUT2D eigenvalue weighted by atomic mass is 35.5. The Morgan fingerprint density at radius 1 is 1.00 bits per heavy atom. The third kappa shape index (κ3) is 13.3. The standard InChI is InChI=1S/C12H16ClNO3.C8H8O3.ClH/c1-14(2)7-8-16-12(15)9-17-11-5-3-10(13)4-6-11;1-6(9)11-8-4-2-7(10)3-5-8;/h3-6H,7-9H2,1-2H3;2-5,10H,1H3;1H. The molecule has 0 spiro atoms. The van der Waals surface area contributed by atoms with Crippen LogP contribution in [-0.2, 0) is 14.3 Å². The number of carbonyl (C=O) groups is 2. The lowest BCUT2D eigenvalue weighted by Crippen LogP contribution is -2.22. The maximum atomic E-state index is 11.3. The first-order valence-corrected chi connectivity index (χ1v) is 8.80. The Bertz CT molecular complexity index is 736. The van der Waals surface area contributed by atoms with Crippen LogP contribution in [0.3, 0.4) is 0 Å². The number of benzene rings is 2. The van der Waals surface area contributed by atoms with Gasteiger partial charge < -0.3 is 24.2 Å². The van der Waals surface area contributed by atoms with E-state index in [1.165, 1.54) is 31.2 Å². The monoisotopic (exact) mass is 445 g/mol. The van der Waals surface area contributed by atoms with Gasteiger partial charge in [-0.1, -0.05) is 11.6 Å². The van der Waals surface area contributed by atoms with Gasteiger partial charge in [-0.15, -0.1) is 12.4 Å². The molecule has 0 saturated heterocycles. The summed E-state index contributed by atoms with van der Waals surface area (Å²) in [5, 5.41) is 9.48. The second kappa shape index (κ2) is 14.5. The fourth-order valence-corrected chi connectivity index (χ4v) is 1.86. The van der Waals surface area contributed by atoms with Crippen LogP contribution in [-0.4, -0.2) is 55.8 Å². The normalized spacial score (nSPS) is 9.55. The summed E-state index contributed by atoms with van der Waals surface area (Å²) in [5.41, 5.74) is 0. The molecule has 0 aromatic heterocycles. The van der Waals surface area contributed by atoms with Crippen molar-refractivity contribution in [2.75, 3.05) is 33.9 Å². The summed E-state index contributed by atoms with van der Waals surface area (Å²) < 4.78 is 14.9. The molecule has 0 heterocycles. The first-order valence-electron chi connectivity index (χ1n) is 8.42. The van der Waals surface area contributed by atoms with E-state index in [9.17, 15) is 9.59 Å². The number of hydrogen-bond donors (Lipinski definition) is 1. The van der Waals surface area contributed by atoms with Gasteiger partial charge in [0.1, 0.15) is 23.9 Å². The van der Waals surface area contributed by atoms with Gasteiger partial charge in [0.15, 0.2) is 6.61 Å². The molecular formula is C20H25Cl2NO6. The van der Waals surface area contributed by atoms with Gasteiger partial charge in [0, 0.05) is 18.5 Å². The Kier molecular flexibility index (Phi) is 13.3. The zero-order valence-corrected chi connectivity index (χ0v) is 18.0. The minimum atomic E-state index is -0.373. The second-order valence-electron chi connectivity index (χ2n) is 5.85. The molecule has 0 bridgehead atoms. The van der Waals surface area contributed by atoms with Gasteiger partial charge in [-0.3, -0.25) is 4.79 Å². The molecule has 160 valence electrons. The average Bonchev–Trinajstić information content (AvgIpc) is 2.63. The van der Waals surface area contributed by atoms with Gasteiger partial charge >= 0.3 is 11.9 Å². The maximum Gasteiger partial charge on any atom is 0.344 e. The van der Waals surface area contributed by atoms with Crippen molar-refractivity contribution in [3.8, 4) is 17.2 Å². The molecule has 0 aliphatic rings. The predicted octanol–water partition coefficient (Wildman–Crippen LogP) is 3.56. The number of hydrogen-bond acceptors (Lipinski definition) is 7. The molecule has 0 radical (unpaired) electrons. The molecule has 2 rings (SSSR count). The molecule has 0 fully saturated rings. The number of phenols is 1. The Hall–Kier alpha value is -2.48. The van der Waals surface area contributed by atoms with Gasteiger partial charge in [-0.2, -0.15) is 0 Å². The lowest BCUT2D eigenvalue weighted by atomic mass is 10.3. The number of likely N-dealkylation sites (N-methyl/N-ethyl adjacent to an activating group) is 1. The van der Waals surface area contributed by atoms with E-state index in [2.05, 4.69) is 0 Å². The van der Waals surface area contributed by atoms with Crippen molar-refractivity contribution in [1.29, 1.82) is 0 Å². The van der Waals surface area contributed by atoms with Crippen molar-refractivity contribution < 1.29 is 28.9 Å². The van der Waals surface area contributed by atoms with E-state index in [0.29, 0.717) is 29.7 Å². The number of carbonyl (C=O) groups excluding carboxylic acids is 2. The van der Waals surface area contributed by atoms with Gasteiger partial charge in [0.05, 0.1) is 0 Å². The van der Waals surface area contributed by atoms with Crippen LogP contribution in [0, 0.1) is 0 Å². The number of phenolic OH excluding ortho intramolecular Hbond substituents is 1. The van der Waals surface area contributed by atoms with Gasteiger partial charge in [-0.25, -0.2) is 4.79 Å². The molecule has 0 amide bonds. The quantitative estimate of drug-likeness (QED) is 0.514. The molecular weight excluding hydrogens is 421 g/mol. The molecule has 9 heteroatoms. The zero-order chi connectivity index (χ0) is 20.9. The number of nitrogens with zero attached hydrogens (tertiary/aromatic N) is 1. The minimum absolute atomic E-state index is 0. The van der Waals surface area contributed by atoms with Crippen LogP contribution in [0.5, 0.6) is 17.2 Å². The Morgan fingerprint density at radius 2 is 1.55 bits per heavy atom. The van der Waals surface area contributed by atoms with Crippen LogP contribution >= 0.6 is 24.0 Å². The van der Waals surface area contributed by atoms with Crippen molar-refractivity contribution in [1.82, 2.24) is 4.90 Å². The molecule has 2 aromatic carbocycles. The molecule has 0 unspecified atom stereocenters. The lowest BCUT2D eigenvalue weighted by molar-refractivity contribution is -0.146. The van der Waals surface area contributed by atoms with Crippen molar-refractivity contribution >= 4 is 35.9 Å². The summed E-state index contributed by atoms with van der Waals surface area (Å²) in [5.74, 6) is 0.452. The highest BCUT2D eigenvalue weighted by Gasteiger charge is 2.04. The summed E-state index contributed by atoms with van der Waals surface area (Å²) in [6.45, 7) is 2.31.